The van der Waals surface area contributed by atoms with Crippen LogP contribution in [-0.4, -0.2) is 15.0 Å². The predicted octanol–water partition coefficient (Wildman–Crippen LogP) is 4.82. The quantitative estimate of drug-likeness (QED) is 0.536. The molecule has 2 aromatic heterocycles. The average Bonchev–Trinajstić information content (AvgIpc) is 3.06. The van der Waals surface area contributed by atoms with E-state index in [1.165, 1.54) is 47.7 Å². The molecule has 0 bridgehead atoms. The fourth-order valence-corrected chi connectivity index (χ4v) is 2.80. The van der Waals surface area contributed by atoms with Crippen molar-refractivity contribution in [3.8, 4) is 23.0 Å². The molecule has 0 aliphatic heterocycles. The summed E-state index contributed by atoms with van der Waals surface area (Å²) in [5.41, 5.74) is 2.78. The van der Waals surface area contributed by atoms with Crippen molar-refractivity contribution in [2.75, 3.05) is 0 Å². The van der Waals surface area contributed by atoms with Gasteiger partial charge in [0, 0.05) is 5.56 Å². The summed E-state index contributed by atoms with van der Waals surface area (Å²) in [5.74, 6) is 0.477. The van der Waals surface area contributed by atoms with Gasteiger partial charge in [-0.05, 0) is 48.5 Å². The van der Waals surface area contributed by atoms with E-state index < -0.39 is 0 Å². The summed E-state index contributed by atoms with van der Waals surface area (Å²) >= 11 is 1.35. The van der Waals surface area contributed by atoms with Gasteiger partial charge in [0.1, 0.15) is 22.1 Å². The number of halogens is 2. The third-order valence-corrected chi connectivity index (χ3v) is 4.10. The molecule has 0 unspecified atom stereocenters. The molecule has 24 heavy (non-hydrogen) atoms. The first kappa shape index (κ1) is 14.6. The van der Waals surface area contributed by atoms with Crippen LogP contribution >= 0.6 is 11.3 Å². The van der Waals surface area contributed by atoms with Crippen LogP contribution in [0.3, 0.4) is 0 Å². The Hall–Kier alpha value is -2.93. The molecule has 118 valence electrons. The molecule has 0 amide bonds. The molecule has 0 N–H and O–H groups in total. The third kappa shape index (κ3) is 2.81. The zero-order chi connectivity index (χ0) is 16.5. The van der Waals surface area contributed by atoms with Crippen molar-refractivity contribution < 1.29 is 13.5 Å². The van der Waals surface area contributed by atoms with Crippen molar-refractivity contribution >= 4 is 21.7 Å². The van der Waals surface area contributed by atoms with Crippen LogP contribution in [0.1, 0.15) is 0 Å². The van der Waals surface area contributed by atoms with E-state index in [1.54, 1.807) is 17.6 Å². The Morgan fingerprint density at radius 3 is 2.21 bits per heavy atom. The van der Waals surface area contributed by atoms with E-state index in [1.807, 2.05) is 0 Å². The van der Waals surface area contributed by atoms with Gasteiger partial charge in [0.25, 0.3) is 0 Å². The lowest BCUT2D eigenvalue weighted by Crippen LogP contribution is -1.95. The maximum absolute atomic E-state index is 13.1. The van der Waals surface area contributed by atoms with Crippen LogP contribution in [-0.2, 0) is 0 Å². The van der Waals surface area contributed by atoms with Crippen LogP contribution in [0.4, 0.5) is 8.78 Å². The molecule has 2 aromatic carbocycles. The predicted molar refractivity (Wildman–Crippen MR) is 87.1 cm³/mol. The second-order valence-electron chi connectivity index (χ2n) is 4.92. The number of hydrogen-bond acceptors (Lipinski definition) is 5. The first-order valence-electron chi connectivity index (χ1n) is 7.00. The van der Waals surface area contributed by atoms with Gasteiger partial charge in [-0.2, -0.15) is 4.98 Å². The third-order valence-electron chi connectivity index (χ3n) is 3.29. The number of rotatable bonds is 3. The summed E-state index contributed by atoms with van der Waals surface area (Å²) in [5, 5.41) is 0. The van der Waals surface area contributed by atoms with E-state index in [4.69, 9.17) is 4.74 Å². The normalized spacial score (nSPS) is 10.9. The van der Waals surface area contributed by atoms with Crippen LogP contribution in [0.5, 0.6) is 11.6 Å². The molecule has 0 aliphatic carbocycles. The summed E-state index contributed by atoms with van der Waals surface area (Å²) in [4.78, 5) is 13.0. The molecule has 2 heterocycles. The van der Waals surface area contributed by atoms with Crippen LogP contribution in [0.15, 0.2) is 54.0 Å². The monoisotopic (exact) mass is 341 g/mol. The Kier molecular flexibility index (Phi) is 3.62. The highest BCUT2D eigenvalue weighted by molar-refractivity contribution is 7.17. The Labute approximate surface area is 139 Å². The Morgan fingerprint density at radius 2 is 1.50 bits per heavy atom. The Bertz CT molecular complexity index is 1000. The fraction of sp³-hybridized carbons (Fsp3) is 0. The zero-order valence-electron chi connectivity index (χ0n) is 12.1. The van der Waals surface area contributed by atoms with Gasteiger partial charge in [-0.15, -0.1) is 11.3 Å². The molecule has 0 saturated carbocycles. The van der Waals surface area contributed by atoms with Gasteiger partial charge < -0.3 is 4.74 Å². The number of aromatic nitrogens is 3. The fourth-order valence-electron chi connectivity index (χ4n) is 2.15. The molecule has 7 heteroatoms. The zero-order valence-corrected chi connectivity index (χ0v) is 12.9. The lowest BCUT2D eigenvalue weighted by molar-refractivity contribution is 0.468. The van der Waals surface area contributed by atoms with Crippen molar-refractivity contribution in [3.05, 3.63) is 65.7 Å². The van der Waals surface area contributed by atoms with E-state index in [0.717, 1.165) is 0 Å². The molecule has 0 saturated heterocycles. The largest absolute Gasteiger partial charge is 0.437 e. The molecule has 0 radical (unpaired) electrons. The Morgan fingerprint density at radius 1 is 0.833 bits per heavy atom. The second-order valence-corrected chi connectivity index (χ2v) is 5.78. The van der Waals surface area contributed by atoms with Crippen molar-refractivity contribution in [1.82, 2.24) is 15.0 Å². The molecular formula is C17H9F2N3OS. The molecule has 0 atom stereocenters. The highest BCUT2D eigenvalue weighted by Gasteiger charge is 2.14. The standard InChI is InChI=1S/C17H9F2N3OS/c18-11-3-1-10(2-4-11)15-21-16-14(24-9-20-16)17(22-15)23-13-7-5-12(19)6-8-13/h1-9H. The van der Waals surface area contributed by atoms with Gasteiger partial charge in [-0.3, -0.25) is 0 Å². The smallest absolute Gasteiger partial charge is 0.242 e. The van der Waals surface area contributed by atoms with Gasteiger partial charge in [0.2, 0.25) is 5.88 Å². The highest BCUT2D eigenvalue weighted by Crippen LogP contribution is 2.32. The Balaban J connectivity index is 1.80. The van der Waals surface area contributed by atoms with Crippen LogP contribution in [0, 0.1) is 11.6 Å². The van der Waals surface area contributed by atoms with Gasteiger partial charge in [0.15, 0.2) is 11.5 Å². The lowest BCUT2D eigenvalue weighted by atomic mass is 10.2. The molecule has 0 fully saturated rings. The summed E-state index contributed by atoms with van der Waals surface area (Å²) in [7, 11) is 0. The number of fused-ring (bicyclic) bond motifs is 1. The first-order chi connectivity index (χ1) is 11.7. The topological polar surface area (TPSA) is 47.9 Å². The maximum Gasteiger partial charge on any atom is 0.242 e. The van der Waals surface area contributed by atoms with E-state index in [9.17, 15) is 8.78 Å². The van der Waals surface area contributed by atoms with Crippen LogP contribution in [0.2, 0.25) is 0 Å². The SMILES string of the molecule is Fc1ccc(Oc2nc(-c3ccc(F)cc3)nc3ncsc23)cc1. The van der Waals surface area contributed by atoms with Gasteiger partial charge in [-0.1, -0.05) is 0 Å². The second kappa shape index (κ2) is 5.93. The van der Waals surface area contributed by atoms with Crippen LogP contribution < -0.4 is 4.74 Å². The molecule has 0 spiro atoms. The first-order valence-corrected chi connectivity index (χ1v) is 7.87. The van der Waals surface area contributed by atoms with E-state index >= 15 is 0 Å². The number of benzene rings is 2. The van der Waals surface area contributed by atoms with E-state index in [2.05, 4.69) is 15.0 Å². The minimum atomic E-state index is -0.347. The van der Waals surface area contributed by atoms with Crippen molar-refractivity contribution in [2.24, 2.45) is 0 Å². The molecule has 4 nitrogen and oxygen atoms in total. The summed E-state index contributed by atoms with van der Waals surface area (Å²) in [6.07, 6.45) is 0. The number of thiazole rings is 1. The number of hydrogen-bond donors (Lipinski definition) is 0. The van der Waals surface area contributed by atoms with E-state index in [-0.39, 0.29) is 11.6 Å². The number of ether oxygens (including phenoxy) is 1. The minimum Gasteiger partial charge on any atom is -0.437 e. The van der Waals surface area contributed by atoms with Crippen molar-refractivity contribution in [1.29, 1.82) is 0 Å². The molecular weight excluding hydrogens is 332 g/mol. The van der Waals surface area contributed by atoms with E-state index in [0.29, 0.717) is 33.4 Å². The van der Waals surface area contributed by atoms with Gasteiger partial charge in [-0.25, -0.2) is 18.7 Å². The van der Waals surface area contributed by atoms with Gasteiger partial charge in [0.05, 0.1) is 5.51 Å². The molecule has 4 aromatic rings. The van der Waals surface area contributed by atoms with Crippen molar-refractivity contribution in [2.45, 2.75) is 0 Å². The van der Waals surface area contributed by atoms with Gasteiger partial charge >= 0.3 is 0 Å². The summed E-state index contributed by atoms with van der Waals surface area (Å²) < 4.78 is 32.6. The minimum absolute atomic E-state index is 0.327. The maximum atomic E-state index is 13.1. The number of nitrogens with zero attached hydrogens (tertiary/aromatic N) is 3. The lowest BCUT2D eigenvalue weighted by Gasteiger charge is -2.07. The van der Waals surface area contributed by atoms with Crippen LogP contribution in [0.25, 0.3) is 21.7 Å². The highest BCUT2D eigenvalue weighted by atomic mass is 32.1. The van der Waals surface area contributed by atoms with Crippen molar-refractivity contribution in [3.63, 3.8) is 0 Å². The summed E-state index contributed by atoms with van der Waals surface area (Å²) in [6, 6.07) is 11.5. The average molecular weight is 341 g/mol. The molecule has 0 aliphatic rings. The molecule has 4 rings (SSSR count). The summed E-state index contributed by atoms with van der Waals surface area (Å²) in [6.45, 7) is 0.